The molecule has 30 heavy (non-hydrogen) atoms. The first-order valence-corrected chi connectivity index (χ1v) is 9.95. The minimum atomic E-state index is -4.36. The molecule has 3 heterocycles. The molecule has 0 radical (unpaired) electrons. The number of likely N-dealkylation sites (N-methyl/N-ethyl adjacent to an activating group) is 1. The topological polar surface area (TPSA) is 49.0 Å². The van der Waals surface area contributed by atoms with Crippen LogP contribution in [0.4, 0.5) is 13.2 Å². The minimum absolute atomic E-state index is 0.238. The maximum Gasteiger partial charge on any atom is 0.416 e. The highest BCUT2D eigenvalue weighted by atomic mass is 19.4. The maximum atomic E-state index is 12.9. The van der Waals surface area contributed by atoms with Gasteiger partial charge in [-0.25, -0.2) is 9.98 Å². The van der Waals surface area contributed by atoms with Gasteiger partial charge in [0.25, 0.3) is 0 Å². The number of benzene rings is 1. The van der Waals surface area contributed by atoms with Crippen molar-refractivity contribution in [1.29, 1.82) is 0 Å². The molecule has 1 aromatic carbocycles. The van der Waals surface area contributed by atoms with Crippen LogP contribution in [0, 0.1) is 0 Å². The Labute approximate surface area is 173 Å². The molecular formula is C21H23F3N6. The number of amidine groups is 2. The zero-order chi connectivity index (χ0) is 21.3. The minimum Gasteiger partial charge on any atom is -0.358 e. The number of fused-ring (bicyclic) bond motifs is 1. The first kappa shape index (κ1) is 20.2. The van der Waals surface area contributed by atoms with E-state index >= 15 is 0 Å². The molecular weight excluding hydrogens is 393 g/mol. The van der Waals surface area contributed by atoms with Crippen molar-refractivity contribution in [3.05, 3.63) is 65.2 Å². The molecule has 0 saturated carbocycles. The number of alkyl halides is 3. The quantitative estimate of drug-likeness (QED) is 0.716. The first-order chi connectivity index (χ1) is 14.4. The van der Waals surface area contributed by atoms with E-state index in [-0.39, 0.29) is 6.54 Å². The molecule has 0 bridgehead atoms. The molecule has 0 saturated heterocycles. The number of halogens is 3. The zero-order valence-electron chi connectivity index (χ0n) is 16.9. The smallest absolute Gasteiger partial charge is 0.358 e. The van der Waals surface area contributed by atoms with Gasteiger partial charge in [-0.15, -0.1) is 0 Å². The zero-order valence-corrected chi connectivity index (χ0v) is 16.9. The van der Waals surface area contributed by atoms with Gasteiger partial charge in [0.2, 0.25) is 0 Å². The van der Waals surface area contributed by atoms with Crippen molar-refractivity contribution in [2.24, 2.45) is 9.98 Å². The van der Waals surface area contributed by atoms with Crippen LogP contribution in [-0.4, -0.2) is 51.0 Å². The van der Waals surface area contributed by atoms with Crippen LogP contribution >= 0.6 is 0 Å². The van der Waals surface area contributed by atoms with E-state index in [9.17, 15) is 13.2 Å². The number of rotatable bonds is 6. The van der Waals surface area contributed by atoms with E-state index in [2.05, 4.69) is 38.7 Å². The summed E-state index contributed by atoms with van der Waals surface area (Å²) in [5.74, 6) is 1.42. The van der Waals surface area contributed by atoms with Crippen LogP contribution in [0.1, 0.15) is 37.0 Å². The molecule has 2 aromatic rings. The summed E-state index contributed by atoms with van der Waals surface area (Å²) in [6.07, 6.45) is 2.14. The van der Waals surface area contributed by atoms with Gasteiger partial charge >= 0.3 is 6.18 Å². The highest BCUT2D eigenvalue weighted by molar-refractivity contribution is 6.17. The van der Waals surface area contributed by atoms with Crippen LogP contribution in [0.15, 0.2) is 58.5 Å². The lowest BCUT2D eigenvalue weighted by Crippen LogP contribution is -2.43. The number of nitrogens with zero attached hydrogens (tertiary/aromatic N) is 6. The predicted molar refractivity (Wildman–Crippen MR) is 109 cm³/mol. The average molecular weight is 416 g/mol. The van der Waals surface area contributed by atoms with Crippen molar-refractivity contribution >= 4 is 11.7 Å². The lowest BCUT2D eigenvalue weighted by Gasteiger charge is -2.34. The van der Waals surface area contributed by atoms with Crippen LogP contribution in [0.5, 0.6) is 0 Å². The average Bonchev–Trinajstić information content (AvgIpc) is 3.34. The van der Waals surface area contributed by atoms with E-state index in [1.54, 1.807) is 23.1 Å². The largest absolute Gasteiger partial charge is 0.416 e. The Hall–Kier alpha value is -3.10. The number of hydrogen-bond acceptors (Lipinski definition) is 5. The van der Waals surface area contributed by atoms with Crippen molar-refractivity contribution in [2.45, 2.75) is 33.0 Å². The molecule has 0 fully saturated rings. The van der Waals surface area contributed by atoms with Gasteiger partial charge in [-0.3, -0.25) is 4.68 Å². The van der Waals surface area contributed by atoms with Gasteiger partial charge in [0, 0.05) is 25.5 Å². The highest BCUT2D eigenvalue weighted by Gasteiger charge is 2.30. The van der Waals surface area contributed by atoms with Crippen molar-refractivity contribution in [1.82, 2.24) is 19.6 Å². The van der Waals surface area contributed by atoms with Crippen molar-refractivity contribution in [2.75, 3.05) is 19.8 Å². The molecule has 6 nitrogen and oxygen atoms in total. The lowest BCUT2D eigenvalue weighted by atomic mass is 10.1. The van der Waals surface area contributed by atoms with Crippen LogP contribution in [-0.2, 0) is 12.7 Å². The summed E-state index contributed by atoms with van der Waals surface area (Å²) in [6.45, 7) is 7.02. The molecule has 0 atom stereocenters. The fourth-order valence-corrected chi connectivity index (χ4v) is 3.57. The third-order valence-corrected chi connectivity index (χ3v) is 5.01. The Kier molecular flexibility index (Phi) is 5.36. The van der Waals surface area contributed by atoms with Crippen LogP contribution in [0.25, 0.3) is 0 Å². The Morgan fingerprint density at radius 2 is 1.97 bits per heavy atom. The van der Waals surface area contributed by atoms with Crippen LogP contribution in [0.3, 0.4) is 0 Å². The monoisotopic (exact) mass is 416 g/mol. The lowest BCUT2D eigenvalue weighted by molar-refractivity contribution is -0.137. The highest BCUT2D eigenvalue weighted by Crippen LogP contribution is 2.29. The molecule has 9 heteroatoms. The Morgan fingerprint density at radius 1 is 1.13 bits per heavy atom. The molecule has 1 aromatic heterocycles. The molecule has 158 valence electrons. The van der Waals surface area contributed by atoms with E-state index < -0.39 is 11.7 Å². The summed E-state index contributed by atoms with van der Waals surface area (Å²) >= 11 is 0. The van der Waals surface area contributed by atoms with Gasteiger partial charge in [0.1, 0.15) is 5.70 Å². The normalized spacial score (nSPS) is 16.4. The van der Waals surface area contributed by atoms with Gasteiger partial charge in [0.15, 0.2) is 11.7 Å². The summed E-state index contributed by atoms with van der Waals surface area (Å²) in [6, 6.07) is 5.28. The number of hydrogen-bond donors (Lipinski definition) is 0. The number of aliphatic imine (C=N–C) groups is 2. The van der Waals surface area contributed by atoms with Gasteiger partial charge in [-0.1, -0.05) is 19.1 Å². The van der Waals surface area contributed by atoms with Crippen molar-refractivity contribution in [3.8, 4) is 0 Å². The third kappa shape index (κ3) is 4.10. The van der Waals surface area contributed by atoms with Gasteiger partial charge in [-0.05, 0) is 31.0 Å². The standard InChI is InChI=1S/C21H23F3N6/c1-3-8-28-13-18-20(29(4-2)14-28)27-19(26-18)16-10-25-30(12-16)11-15-6-5-7-17(9-15)21(22,23)24/h5-7,9-10,12-13H,3-4,8,11,14H2,1-2H3. The molecule has 0 N–H and O–H groups in total. The fourth-order valence-electron chi connectivity index (χ4n) is 3.57. The van der Waals surface area contributed by atoms with Gasteiger partial charge in [-0.2, -0.15) is 18.3 Å². The maximum absolute atomic E-state index is 12.9. The van der Waals surface area contributed by atoms with Crippen molar-refractivity contribution in [3.63, 3.8) is 0 Å². The van der Waals surface area contributed by atoms with E-state index in [4.69, 9.17) is 0 Å². The SMILES string of the molecule is CCCN1C=C2N=C(c3cnn(Cc4cccc(C(F)(F)F)c4)c3)N=C2N(CC)C1. The molecule has 0 spiro atoms. The van der Waals surface area contributed by atoms with Crippen molar-refractivity contribution < 1.29 is 13.2 Å². The van der Waals surface area contributed by atoms with Crippen LogP contribution in [0.2, 0.25) is 0 Å². The first-order valence-electron chi connectivity index (χ1n) is 9.95. The van der Waals surface area contributed by atoms with E-state index in [0.29, 0.717) is 11.4 Å². The van der Waals surface area contributed by atoms with Gasteiger partial charge < -0.3 is 9.80 Å². The second-order valence-electron chi connectivity index (χ2n) is 7.32. The van der Waals surface area contributed by atoms with E-state index in [1.165, 1.54) is 6.07 Å². The summed E-state index contributed by atoms with van der Waals surface area (Å²) in [5.41, 5.74) is 1.44. The summed E-state index contributed by atoms with van der Waals surface area (Å²) in [4.78, 5) is 13.8. The fraction of sp³-hybridized carbons (Fsp3) is 0.381. The summed E-state index contributed by atoms with van der Waals surface area (Å²) in [5, 5.41) is 4.29. The molecule has 2 aliphatic rings. The van der Waals surface area contributed by atoms with Crippen LogP contribution < -0.4 is 0 Å². The molecule has 2 aliphatic heterocycles. The second kappa shape index (κ2) is 7.97. The predicted octanol–water partition coefficient (Wildman–Crippen LogP) is 3.96. The summed E-state index contributed by atoms with van der Waals surface area (Å²) in [7, 11) is 0. The van der Waals surface area contributed by atoms with E-state index in [1.807, 2.05) is 6.20 Å². The molecule has 4 rings (SSSR count). The Balaban J connectivity index is 1.54. The Morgan fingerprint density at radius 3 is 2.70 bits per heavy atom. The van der Waals surface area contributed by atoms with E-state index in [0.717, 1.165) is 55.4 Å². The molecule has 0 amide bonds. The molecule has 0 unspecified atom stereocenters. The Bertz CT molecular complexity index is 1020. The third-order valence-electron chi connectivity index (χ3n) is 5.01. The number of aromatic nitrogens is 2. The van der Waals surface area contributed by atoms with Gasteiger partial charge in [0.05, 0.1) is 30.5 Å². The second-order valence-corrected chi connectivity index (χ2v) is 7.32. The summed E-state index contributed by atoms with van der Waals surface area (Å²) < 4.78 is 40.4. The molecule has 0 aliphatic carbocycles.